The van der Waals surface area contributed by atoms with E-state index in [1.165, 1.54) is 18.2 Å². The standard InChI is InChI=1S/C19H13F2N3O2S/c20-15-9-6-13(11-16(15)21)18-19(24-10-2-1-3-17(24)23-18)12-4-7-14(8-5-12)27(22,25)26/h1-11H,(H2,22,25,26). The lowest BCUT2D eigenvalue weighted by Gasteiger charge is -2.07. The molecule has 0 unspecified atom stereocenters. The van der Waals surface area contributed by atoms with E-state index >= 15 is 0 Å². The highest BCUT2D eigenvalue weighted by atomic mass is 32.2. The first-order valence-corrected chi connectivity index (χ1v) is 9.45. The number of imidazole rings is 1. The lowest BCUT2D eigenvalue weighted by molar-refractivity contribution is 0.509. The number of aromatic nitrogens is 2. The molecule has 0 spiro atoms. The average Bonchev–Trinajstić information content (AvgIpc) is 3.03. The largest absolute Gasteiger partial charge is 0.299 e. The summed E-state index contributed by atoms with van der Waals surface area (Å²) in [6.45, 7) is 0. The number of fused-ring (bicyclic) bond motifs is 1. The van der Waals surface area contributed by atoms with Crippen LogP contribution >= 0.6 is 0 Å². The van der Waals surface area contributed by atoms with Gasteiger partial charge >= 0.3 is 0 Å². The predicted molar refractivity (Wildman–Crippen MR) is 97.4 cm³/mol. The quantitative estimate of drug-likeness (QED) is 0.585. The van der Waals surface area contributed by atoms with E-state index in [0.29, 0.717) is 28.2 Å². The maximum atomic E-state index is 13.7. The number of rotatable bonds is 3. The van der Waals surface area contributed by atoms with Gasteiger partial charge in [0.25, 0.3) is 0 Å². The molecule has 0 amide bonds. The molecule has 4 rings (SSSR count). The van der Waals surface area contributed by atoms with E-state index in [4.69, 9.17) is 5.14 Å². The van der Waals surface area contributed by atoms with Crippen LogP contribution in [0.4, 0.5) is 8.78 Å². The molecule has 0 aliphatic carbocycles. The summed E-state index contributed by atoms with van der Waals surface area (Å²) in [5, 5.41) is 5.15. The first kappa shape index (κ1) is 17.3. The Kier molecular flexibility index (Phi) is 4.01. The fraction of sp³-hybridized carbons (Fsp3) is 0. The molecule has 0 saturated heterocycles. The van der Waals surface area contributed by atoms with Gasteiger partial charge < -0.3 is 0 Å². The molecule has 0 bridgehead atoms. The Morgan fingerprint density at radius 3 is 2.26 bits per heavy atom. The van der Waals surface area contributed by atoms with Gasteiger partial charge in [-0.2, -0.15) is 0 Å². The number of hydrogen-bond acceptors (Lipinski definition) is 3. The topological polar surface area (TPSA) is 77.5 Å². The number of hydrogen-bond donors (Lipinski definition) is 1. The lowest BCUT2D eigenvalue weighted by atomic mass is 10.0. The molecule has 0 saturated carbocycles. The van der Waals surface area contributed by atoms with Gasteiger partial charge in [0.15, 0.2) is 11.6 Å². The zero-order valence-electron chi connectivity index (χ0n) is 13.8. The number of pyridine rings is 1. The first-order valence-electron chi connectivity index (χ1n) is 7.90. The molecule has 2 aromatic carbocycles. The van der Waals surface area contributed by atoms with Crippen LogP contribution in [0.15, 0.2) is 71.8 Å². The van der Waals surface area contributed by atoms with E-state index in [-0.39, 0.29) is 4.90 Å². The number of nitrogens with zero attached hydrogens (tertiary/aromatic N) is 2. The van der Waals surface area contributed by atoms with Crippen molar-refractivity contribution in [3.63, 3.8) is 0 Å². The van der Waals surface area contributed by atoms with E-state index in [1.54, 1.807) is 28.8 Å². The molecule has 0 radical (unpaired) electrons. The van der Waals surface area contributed by atoms with Gasteiger partial charge in [0, 0.05) is 17.3 Å². The molecule has 0 aliphatic rings. The predicted octanol–water partition coefficient (Wildman–Crippen LogP) is 3.59. The molecule has 27 heavy (non-hydrogen) atoms. The molecular formula is C19H13F2N3O2S. The second-order valence-corrected chi connectivity index (χ2v) is 7.50. The van der Waals surface area contributed by atoms with Crippen molar-refractivity contribution in [2.45, 2.75) is 4.90 Å². The Balaban J connectivity index is 1.97. The Morgan fingerprint density at radius 1 is 0.889 bits per heavy atom. The Hall–Kier alpha value is -3.10. The number of primary sulfonamides is 1. The van der Waals surface area contributed by atoms with Crippen LogP contribution in [-0.4, -0.2) is 17.8 Å². The molecule has 8 heteroatoms. The van der Waals surface area contributed by atoms with E-state index in [2.05, 4.69) is 4.98 Å². The van der Waals surface area contributed by atoms with E-state index in [1.807, 2.05) is 12.1 Å². The van der Waals surface area contributed by atoms with Crippen molar-refractivity contribution in [2.24, 2.45) is 5.14 Å². The molecule has 2 heterocycles. The minimum Gasteiger partial charge on any atom is -0.299 e. The van der Waals surface area contributed by atoms with Crippen molar-refractivity contribution in [2.75, 3.05) is 0 Å². The van der Waals surface area contributed by atoms with E-state index in [9.17, 15) is 17.2 Å². The van der Waals surface area contributed by atoms with Crippen LogP contribution in [0, 0.1) is 11.6 Å². The number of benzene rings is 2. The fourth-order valence-corrected chi connectivity index (χ4v) is 3.43. The van der Waals surface area contributed by atoms with Crippen molar-refractivity contribution < 1.29 is 17.2 Å². The Labute approximate surface area is 153 Å². The van der Waals surface area contributed by atoms with Crippen LogP contribution in [-0.2, 0) is 10.0 Å². The van der Waals surface area contributed by atoms with Gasteiger partial charge in [-0.3, -0.25) is 4.40 Å². The third-order valence-corrected chi connectivity index (χ3v) is 5.11. The maximum Gasteiger partial charge on any atom is 0.238 e. The molecule has 2 N–H and O–H groups in total. The summed E-state index contributed by atoms with van der Waals surface area (Å²) in [6.07, 6.45) is 1.79. The minimum atomic E-state index is -3.82. The van der Waals surface area contributed by atoms with Crippen LogP contribution in [0.2, 0.25) is 0 Å². The highest BCUT2D eigenvalue weighted by molar-refractivity contribution is 7.89. The van der Waals surface area contributed by atoms with Gasteiger partial charge in [-0.15, -0.1) is 0 Å². The van der Waals surface area contributed by atoms with Gasteiger partial charge in [0.1, 0.15) is 5.65 Å². The van der Waals surface area contributed by atoms with E-state index < -0.39 is 21.7 Å². The third kappa shape index (κ3) is 3.09. The highest BCUT2D eigenvalue weighted by Gasteiger charge is 2.18. The second kappa shape index (κ2) is 6.26. The molecule has 0 fully saturated rings. The molecule has 5 nitrogen and oxygen atoms in total. The monoisotopic (exact) mass is 385 g/mol. The van der Waals surface area contributed by atoms with Crippen molar-refractivity contribution in [1.29, 1.82) is 0 Å². The summed E-state index contributed by atoms with van der Waals surface area (Å²) in [6, 6.07) is 15.0. The molecule has 136 valence electrons. The van der Waals surface area contributed by atoms with Crippen molar-refractivity contribution in [1.82, 2.24) is 9.38 Å². The van der Waals surface area contributed by atoms with Crippen LogP contribution < -0.4 is 5.14 Å². The number of halogens is 2. The summed E-state index contributed by atoms with van der Waals surface area (Å²) >= 11 is 0. The smallest absolute Gasteiger partial charge is 0.238 e. The van der Waals surface area contributed by atoms with Crippen LogP contribution in [0.25, 0.3) is 28.2 Å². The van der Waals surface area contributed by atoms with Crippen LogP contribution in [0.3, 0.4) is 0 Å². The number of sulfonamides is 1. The second-order valence-electron chi connectivity index (χ2n) is 5.94. The van der Waals surface area contributed by atoms with Gasteiger partial charge in [-0.1, -0.05) is 18.2 Å². The molecule has 4 aromatic rings. The lowest BCUT2D eigenvalue weighted by Crippen LogP contribution is -2.11. The Morgan fingerprint density at radius 2 is 1.59 bits per heavy atom. The zero-order valence-corrected chi connectivity index (χ0v) is 14.6. The van der Waals surface area contributed by atoms with Crippen molar-refractivity contribution in [3.05, 3.63) is 78.5 Å². The van der Waals surface area contributed by atoms with Gasteiger partial charge in [0.2, 0.25) is 10.0 Å². The number of nitrogens with two attached hydrogens (primary N) is 1. The zero-order chi connectivity index (χ0) is 19.2. The summed E-state index contributed by atoms with van der Waals surface area (Å²) < 4.78 is 51.8. The summed E-state index contributed by atoms with van der Waals surface area (Å²) in [7, 11) is -3.82. The summed E-state index contributed by atoms with van der Waals surface area (Å²) in [5.41, 5.74) is 2.74. The minimum absolute atomic E-state index is 0.0190. The fourth-order valence-electron chi connectivity index (χ4n) is 2.92. The summed E-state index contributed by atoms with van der Waals surface area (Å²) in [4.78, 5) is 4.51. The van der Waals surface area contributed by atoms with E-state index in [0.717, 1.165) is 12.1 Å². The molecule has 0 atom stereocenters. The van der Waals surface area contributed by atoms with Gasteiger partial charge in [-0.25, -0.2) is 27.3 Å². The summed E-state index contributed by atoms with van der Waals surface area (Å²) in [5.74, 6) is -1.92. The normalized spacial score (nSPS) is 11.8. The van der Waals surface area contributed by atoms with Crippen molar-refractivity contribution in [3.8, 4) is 22.5 Å². The van der Waals surface area contributed by atoms with Crippen LogP contribution in [0.1, 0.15) is 0 Å². The highest BCUT2D eigenvalue weighted by Crippen LogP contribution is 2.33. The third-order valence-electron chi connectivity index (χ3n) is 4.18. The van der Waals surface area contributed by atoms with Crippen molar-refractivity contribution >= 4 is 15.7 Å². The molecule has 2 aromatic heterocycles. The Bertz CT molecular complexity index is 1270. The molecule has 0 aliphatic heterocycles. The van der Waals surface area contributed by atoms with Gasteiger partial charge in [0.05, 0.1) is 16.3 Å². The average molecular weight is 385 g/mol. The van der Waals surface area contributed by atoms with Gasteiger partial charge in [-0.05, 0) is 42.5 Å². The maximum absolute atomic E-state index is 13.7. The first-order chi connectivity index (χ1) is 12.8. The molecular weight excluding hydrogens is 372 g/mol. The SMILES string of the molecule is NS(=O)(=O)c1ccc(-c2c(-c3ccc(F)c(F)c3)nc3ccccn23)cc1. The van der Waals surface area contributed by atoms with Crippen LogP contribution in [0.5, 0.6) is 0 Å².